The van der Waals surface area contributed by atoms with Crippen molar-refractivity contribution in [1.29, 1.82) is 0 Å². The third kappa shape index (κ3) is 3.20. The number of carbonyl (C=O) groups is 1. The van der Waals surface area contributed by atoms with Crippen molar-refractivity contribution in [2.24, 2.45) is 0 Å². The molecule has 4 nitrogen and oxygen atoms in total. The van der Waals surface area contributed by atoms with E-state index in [2.05, 4.69) is 15.6 Å². The third-order valence-corrected chi connectivity index (χ3v) is 2.69. The van der Waals surface area contributed by atoms with E-state index in [4.69, 9.17) is 11.6 Å². The summed E-state index contributed by atoms with van der Waals surface area (Å²) < 4.78 is 13.5. The van der Waals surface area contributed by atoms with Gasteiger partial charge in [-0.3, -0.25) is 4.79 Å². The molecule has 0 radical (unpaired) electrons. The van der Waals surface area contributed by atoms with Crippen molar-refractivity contribution in [3.63, 3.8) is 0 Å². The predicted octanol–water partition coefficient (Wildman–Crippen LogP) is 3.17. The van der Waals surface area contributed by atoms with Gasteiger partial charge in [0, 0.05) is 23.8 Å². The normalized spacial score (nSPS) is 10.1. The minimum atomic E-state index is -0.580. The number of nitrogens with zero attached hydrogens (tertiary/aromatic N) is 1. The Balaban J connectivity index is 2.20. The number of pyridine rings is 1. The quantitative estimate of drug-likeness (QED) is 0.907. The lowest BCUT2D eigenvalue weighted by Gasteiger charge is -2.07. The second kappa shape index (κ2) is 5.67. The molecule has 0 unspecified atom stereocenters. The summed E-state index contributed by atoms with van der Waals surface area (Å²) in [6.07, 6.45) is 1.50. The zero-order valence-corrected chi connectivity index (χ0v) is 10.8. The molecule has 0 aliphatic carbocycles. The van der Waals surface area contributed by atoms with Gasteiger partial charge in [0.2, 0.25) is 0 Å². The first-order valence-electron chi connectivity index (χ1n) is 5.50. The van der Waals surface area contributed by atoms with Gasteiger partial charge in [-0.1, -0.05) is 11.6 Å². The summed E-state index contributed by atoms with van der Waals surface area (Å²) in [5, 5.41) is 5.57. The largest absolute Gasteiger partial charge is 0.373 e. The van der Waals surface area contributed by atoms with E-state index in [1.807, 2.05) is 0 Å². The summed E-state index contributed by atoms with van der Waals surface area (Å²) in [4.78, 5) is 15.9. The van der Waals surface area contributed by atoms with Crippen LogP contribution in [0.2, 0.25) is 5.02 Å². The van der Waals surface area contributed by atoms with Gasteiger partial charge in [0.05, 0.1) is 5.69 Å². The monoisotopic (exact) mass is 279 g/mol. The lowest BCUT2D eigenvalue weighted by molar-refractivity contribution is 0.102. The van der Waals surface area contributed by atoms with Crippen molar-refractivity contribution in [2.75, 3.05) is 17.7 Å². The van der Waals surface area contributed by atoms with Crippen molar-refractivity contribution < 1.29 is 9.18 Å². The van der Waals surface area contributed by atoms with Crippen LogP contribution in [-0.2, 0) is 0 Å². The van der Waals surface area contributed by atoms with E-state index in [1.165, 1.54) is 18.3 Å². The molecule has 0 aliphatic heterocycles. The van der Waals surface area contributed by atoms with Gasteiger partial charge in [-0.15, -0.1) is 0 Å². The Morgan fingerprint density at radius 1 is 1.32 bits per heavy atom. The average molecular weight is 280 g/mol. The fourth-order valence-corrected chi connectivity index (χ4v) is 1.65. The first-order valence-corrected chi connectivity index (χ1v) is 5.88. The topological polar surface area (TPSA) is 54.0 Å². The Morgan fingerprint density at radius 3 is 2.79 bits per heavy atom. The molecule has 1 amide bonds. The molecule has 0 fully saturated rings. The molecular formula is C13H11ClFN3O. The molecule has 6 heteroatoms. The number of carbonyl (C=O) groups excluding carboxylic acids is 1. The average Bonchev–Trinajstić information content (AvgIpc) is 2.42. The van der Waals surface area contributed by atoms with E-state index < -0.39 is 11.7 Å². The highest BCUT2D eigenvalue weighted by Crippen LogP contribution is 2.19. The van der Waals surface area contributed by atoms with Crippen LogP contribution in [-0.4, -0.2) is 17.9 Å². The Kier molecular flexibility index (Phi) is 3.97. The minimum Gasteiger partial charge on any atom is -0.373 e. The Morgan fingerprint density at radius 2 is 2.11 bits per heavy atom. The molecule has 0 saturated heterocycles. The highest BCUT2D eigenvalue weighted by Gasteiger charge is 2.10. The molecule has 1 heterocycles. The van der Waals surface area contributed by atoms with Crippen LogP contribution in [0, 0.1) is 5.82 Å². The maximum atomic E-state index is 13.5. The highest BCUT2D eigenvalue weighted by atomic mass is 35.5. The van der Waals surface area contributed by atoms with E-state index in [0.717, 1.165) is 6.07 Å². The number of halogens is 2. The molecule has 1 aromatic heterocycles. The maximum absolute atomic E-state index is 13.5. The summed E-state index contributed by atoms with van der Waals surface area (Å²) >= 11 is 5.64. The van der Waals surface area contributed by atoms with Crippen molar-refractivity contribution in [2.45, 2.75) is 0 Å². The summed E-state index contributed by atoms with van der Waals surface area (Å²) in [7, 11) is 1.70. The molecule has 0 spiro atoms. The van der Waals surface area contributed by atoms with Gasteiger partial charge in [0.15, 0.2) is 0 Å². The zero-order valence-electron chi connectivity index (χ0n) is 10.1. The highest BCUT2D eigenvalue weighted by molar-refractivity contribution is 6.30. The van der Waals surface area contributed by atoms with E-state index >= 15 is 0 Å². The van der Waals surface area contributed by atoms with Gasteiger partial charge in [0.25, 0.3) is 5.91 Å². The van der Waals surface area contributed by atoms with Crippen LogP contribution in [0.25, 0.3) is 0 Å². The SMILES string of the molecule is CNc1cc(C(=O)Nc2ccc(Cl)cc2F)ccn1. The van der Waals surface area contributed by atoms with Gasteiger partial charge >= 0.3 is 0 Å². The van der Waals surface area contributed by atoms with Crippen LogP contribution in [0.3, 0.4) is 0 Å². The molecule has 98 valence electrons. The number of rotatable bonds is 3. The van der Waals surface area contributed by atoms with Crippen LogP contribution < -0.4 is 10.6 Å². The number of hydrogen-bond donors (Lipinski definition) is 2. The third-order valence-electron chi connectivity index (χ3n) is 2.46. The second-order valence-corrected chi connectivity index (χ2v) is 4.19. The molecular weight excluding hydrogens is 269 g/mol. The number of anilines is 2. The van der Waals surface area contributed by atoms with Crippen molar-refractivity contribution >= 4 is 29.0 Å². The standard InChI is InChI=1S/C13H11ClFN3O/c1-16-12-6-8(4-5-17-12)13(19)18-11-3-2-9(14)7-10(11)15/h2-7H,1H3,(H,16,17)(H,18,19). The van der Waals surface area contributed by atoms with E-state index in [0.29, 0.717) is 11.4 Å². The predicted molar refractivity (Wildman–Crippen MR) is 73.1 cm³/mol. The van der Waals surface area contributed by atoms with Gasteiger partial charge in [-0.2, -0.15) is 0 Å². The first kappa shape index (κ1) is 13.3. The van der Waals surface area contributed by atoms with E-state index in [9.17, 15) is 9.18 Å². The van der Waals surface area contributed by atoms with Gasteiger partial charge in [-0.05, 0) is 30.3 Å². The second-order valence-electron chi connectivity index (χ2n) is 3.76. The van der Waals surface area contributed by atoms with Crippen LogP contribution in [0.4, 0.5) is 15.9 Å². The van der Waals surface area contributed by atoms with Crippen molar-refractivity contribution in [3.8, 4) is 0 Å². The van der Waals surface area contributed by atoms with Crippen molar-refractivity contribution in [1.82, 2.24) is 4.98 Å². The van der Waals surface area contributed by atoms with E-state index in [1.54, 1.807) is 19.2 Å². The molecule has 19 heavy (non-hydrogen) atoms. The first-order chi connectivity index (χ1) is 9.10. The smallest absolute Gasteiger partial charge is 0.255 e. The van der Waals surface area contributed by atoms with Crippen LogP contribution in [0.5, 0.6) is 0 Å². The fourth-order valence-electron chi connectivity index (χ4n) is 1.49. The number of aromatic nitrogens is 1. The molecule has 0 aliphatic rings. The van der Waals surface area contributed by atoms with Gasteiger partial charge in [0.1, 0.15) is 11.6 Å². The Labute approximate surface area is 114 Å². The van der Waals surface area contributed by atoms with Gasteiger partial charge < -0.3 is 10.6 Å². The Hall–Kier alpha value is -2.14. The van der Waals surface area contributed by atoms with Crippen molar-refractivity contribution in [3.05, 3.63) is 52.9 Å². The number of nitrogens with one attached hydrogen (secondary N) is 2. The zero-order chi connectivity index (χ0) is 13.8. The fraction of sp³-hybridized carbons (Fsp3) is 0.0769. The summed E-state index contributed by atoms with van der Waals surface area (Å²) in [6.45, 7) is 0. The lowest BCUT2D eigenvalue weighted by atomic mass is 10.2. The molecule has 2 N–H and O–H groups in total. The molecule has 1 aromatic carbocycles. The summed E-state index contributed by atoms with van der Waals surface area (Å²) in [6, 6.07) is 7.18. The molecule has 0 saturated carbocycles. The number of amides is 1. The van der Waals surface area contributed by atoms with Crippen LogP contribution in [0.15, 0.2) is 36.5 Å². The number of hydrogen-bond acceptors (Lipinski definition) is 3. The molecule has 2 aromatic rings. The van der Waals surface area contributed by atoms with Crippen LogP contribution in [0.1, 0.15) is 10.4 Å². The van der Waals surface area contributed by atoms with E-state index in [-0.39, 0.29) is 10.7 Å². The summed E-state index contributed by atoms with van der Waals surface area (Å²) in [5.74, 6) is -0.437. The number of benzene rings is 1. The lowest BCUT2D eigenvalue weighted by Crippen LogP contribution is -2.13. The Bertz CT molecular complexity index is 619. The maximum Gasteiger partial charge on any atom is 0.255 e. The van der Waals surface area contributed by atoms with Crippen LogP contribution >= 0.6 is 11.6 Å². The summed E-state index contributed by atoms with van der Waals surface area (Å²) in [5.41, 5.74) is 0.464. The molecule has 0 atom stereocenters. The van der Waals surface area contributed by atoms with Gasteiger partial charge in [-0.25, -0.2) is 9.37 Å². The molecule has 0 bridgehead atoms. The molecule has 2 rings (SSSR count). The minimum absolute atomic E-state index is 0.0808.